The van der Waals surface area contributed by atoms with Gasteiger partial charge in [0, 0.05) is 23.2 Å². The van der Waals surface area contributed by atoms with Crippen LogP contribution in [-0.4, -0.2) is 80.3 Å². The lowest BCUT2D eigenvalue weighted by molar-refractivity contribution is -0.181. The van der Waals surface area contributed by atoms with E-state index in [1.807, 2.05) is 19.9 Å². The molecular formula is C29H39NO10. The average Bonchev–Trinajstić information content (AvgIpc) is 3.15. The minimum Gasteiger partial charge on any atom is -0.480 e. The molecule has 0 saturated heterocycles. The Balaban J connectivity index is 1.38. The summed E-state index contributed by atoms with van der Waals surface area (Å²) < 4.78 is 5.08. The van der Waals surface area contributed by atoms with Gasteiger partial charge in [-0.25, -0.2) is 4.79 Å². The molecule has 4 aliphatic carbocycles. The molecule has 9 atom stereocenters. The molecule has 4 rings (SSSR count). The van der Waals surface area contributed by atoms with Gasteiger partial charge in [-0.1, -0.05) is 25.5 Å². The van der Waals surface area contributed by atoms with Gasteiger partial charge in [0.2, 0.25) is 11.7 Å². The zero-order valence-electron chi connectivity index (χ0n) is 23.1. The monoisotopic (exact) mass is 561 g/mol. The Morgan fingerprint density at radius 2 is 1.88 bits per heavy atom. The van der Waals surface area contributed by atoms with Crippen molar-refractivity contribution in [2.24, 2.45) is 28.6 Å². The summed E-state index contributed by atoms with van der Waals surface area (Å²) in [5, 5.41) is 43.8. The lowest BCUT2D eigenvalue weighted by Crippen LogP contribution is -2.61. The molecular weight excluding hydrogens is 522 g/mol. The first-order chi connectivity index (χ1) is 18.6. The van der Waals surface area contributed by atoms with Crippen LogP contribution in [0.1, 0.15) is 65.7 Å². The molecule has 0 aromatic rings. The third-order valence-corrected chi connectivity index (χ3v) is 10.1. The van der Waals surface area contributed by atoms with Crippen molar-refractivity contribution in [2.75, 3.05) is 6.61 Å². The van der Waals surface area contributed by atoms with E-state index in [0.717, 1.165) is 12.0 Å². The van der Waals surface area contributed by atoms with Crippen LogP contribution >= 0.6 is 0 Å². The summed E-state index contributed by atoms with van der Waals surface area (Å²) in [6, 6.07) is -1.52. The number of Topliss-reactive ketones (excluding diaryl/α,β-unsaturated/α-hetero) is 1. The highest BCUT2D eigenvalue weighted by Crippen LogP contribution is 2.67. The number of aliphatic hydroxyl groups is 3. The third-order valence-electron chi connectivity index (χ3n) is 10.1. The molecule has 0 bridgehead atoms. The molecule has 1 amide bonds. The van der Waals surface area contributed by atoms with E-state index in [0.29, 0.717) is 12.8 Å². The van der Waals surface area contributed by atoms with Gasteiger partial charge in [0.15, 0.2) is 18.4 Å². The van der Waals surface area contributed by atoms with E-state index in [4.69, 9.17) is 9.84 Å². The highest BCUT2D eigenvalue weighted by molar-refractivity contribution is 6.01. The summed E-state index contributed by atoms with van der Waals surface area (Å²) in [7, 11) is 0. The summed E-state index contributed by atoms with van der Waals surface area (Å²) in [5.41, 5.74) is -2.19. The Morgan fingerprint density at radius 1 is 1.18 bits per heavy atom. The predicted octanol–water partition coefficient (Wildman–Crippen LogP) is 0.839. The van der Waals surface area contributed by atoms with Crippen molar-refractivity contribution >= 4 is 29.4 Å². The maximum atomic E-state index is 13.3. The summed E-state index contributed by atoms with van der Waals surface area (Å²) in [5.74, 6) is -3.93. The second-order valence-electron chi connectivity index (χ2n) is 12.3. The Hall–Kier alpha value is -2.89. The van der Waals surface area contributed by atoms with Gasteiger partial charge in [0.25, 0.3) is 0 Å². The molecule has 0 spiro atoms. The second kappa shape index (κ2) is 10.8. The molecule has 0 aliphatic heterocycles. The molecule has 5 N–H and O–H groups in total. The number of allylic oxidation sites excluding steroid dienone is 4. The van der Waals surface area contributed by atoms with Gasteiger partial charge in [0.05, 0.1) is 18.6 Å². The number of rotatable bonds is 9. The van der Waals surface area contributed by atoms with Crippen molar-refractivity contribution in [1.29, 1.82) is 0 Å². The van der Waals surface area contributed by atoms with Crippen molar-refractivity contribution in [3.63, 3.8) is 0 Å². The van der Waals surface area contributed by atoms with Gasteiger partial charge in [-0.15, -0.1) is 0 Å². The number of esters is 1. The molecule has 220 valence electrons. The lowest BCUT2D eigenvalue weighted by atomic mass is 9.46. The van der Waals surface area contributed by atoms with Crippen LogP contribution in [0.3, 0.4) is 0 Å². The maximum absolute atomic E-state index is 13.3. The van der Waals surface area contributed by atoms with Crippen LogP contribution in [0.2, 0.25) is 0 Å². The van der Waals surface area contributed by atoms with Crippen LogP contribution in [0.25, 0.3) is 0 Å². The van der Waals surface area contributed by atoms with Crippen molar-refractivity contribution in [3.8, 4) is 0 Å². The summed E-state index contributed by atoms with van der Waals surface area (Å²) >= 11 is 0. The highest BCUT2D eigenvalue weighted by Gasteiger charge is 2.68. The molecule has 3 fully saturated rings. The zero-order valence-corrected chi connectivity index (χ0v) is 23.1. The van der Waals surface area contributed by atoms with Gasteiger partial charge in [-0.2, -0.15) is 0 Å². The first kappa shape index (κ1) is 30.1. The fourth-order valence-electron chi connectivity index (χ4n) is 7.98. The summed E-state index contributed by atoms with van der Waals surface area (Å²) in [4.78, 5) is 60.6. The Bertz CT molecular complexity index is 1160. The standard InChI is InChI=1S/C29H39NO10/c1-15(31)25(26(37)38)30-22(35)6-7-23(36)40-14-21(34)29(39)11-9-19-18-5-4-16-12-17(32)8-10-27(16,2)24(18)20(33)13-28(19,29)3/h8,10,12,15,18-20,24-25,31,33,39H,4-7,9,11,13-14H2,1-3H3,(H,30,35)(H,37,38)/t15?,18?,19?,20?,24?,25?,27-,28-,29-/m0/s1. The van der Waals surface area contributed by atoms with E-state index in [-0.39, 0.29) is 36.4 Å². The predicted molar refractivity (Wildman–Crippen MR) is 139 cm³/mol. The van der Waals surface area contributed by atoms with Crippen molar-refractivity contribution in [1.82, 2.24) is 5.32 Å². The number of nitrogens with one attached hydrogen (secondary N) is 1. The molecule has 11 heteroatoms. The lowest BCUT2D eigenvalue weighted by Gasteiger charge is -2.59. The number of carboxylic acid groups (broad SMARTS) is 1. The minimum absolute atomic E-state index is 0.0351. The average molecular weight is 562 g/mol. The molecule has 3 saturated carbocycles. The molecule has 6 unspecified atom stereocenters. The Morgan fingerprint density at radius 3 is 2.52 bits per heavy atom. The van der Waals surface area contributed by atoms with E-state index in [1.165, 1.54) is 6.92 Å². The SMILES string of the molecule is CC(O)C(NC(=O)CCC(=O)OCC(=O)[C@@]1(O)CCC2C3CCC4=CC(=O)C=C[C@]4(C)C3C(O)C[C@@]21C)C(=O)O. The van der Waals surface area contributed by atoms with E-state index in [2.05, 4.69) is 5.32 Å². The van der Waals surface area contributed by atoms with E-state index >= 15 is 0 Å². The van der Waals surface area contributed by atoms with Crippen LogP contribution < -0.4 is 5.32 Å². The van der Waals surface area contributed by atoms with Gasteiger partial charge >= 0.3 is 11.9 Å². The van der Waals surface area contributed by atoms with Crippen LogP contribution in [0.15, 0.2) is 23.8 Å². The Kier molecular flexibility index (Phi) is 8.14. The number of hydrogen-bond donors (Lipinski definition) is 5. The zero-order chi connectivity index (χ0) is 29.6. The van der Waals surface area contributed by atoms with Gasteiger partial charge in [-0.05, 0) is 63.0 Å². The number of hydrogen-bond acceptors (Lipinski definition) is 9. The number of carbonyl (C=O) groups is 5. The summed E-state index contributed by atoms with van der Waals surface area (Å²) in [6.07, 6.45) is 4.52. The largest absolute Gasteiger partial charge is 0.480 e. The third kappa shape index (κ3) is 5.03. The summed E-state index contributed by atoms with van der Waals surface area (Å²) in [6.45, 7) is 4.39. The molecule has 0 aromatic carbocycles. The van der Waals surface area contributed by atoms with Gasteiger partial charge in [-0.3, -0.25) is 19.2 Å². The number of aliphatic carboxylic acids is 1. The maximum Gasteiger partial charge on any atom is 0.328 e. The number of ether oxygens (including phenoxy) is 1. The molecule has 4 aliphatic rings. The molecule has 0 aromatic heterocycles. The van der Waals surface area contributed by atoms with Gasteiger partial charge in [0.1, 0.15) is 5.60 Å². The molecule has 0 heterocycles. The first-order valence-corrected chi connectivity index (χ1v) is 13.9. The first-order valence-electron chi connectivity index (χ1n) is 13.9. The number of fused-ring (bicyclic) bond motifs is 5. The fraction of sp³-hybridized carbons (Fsp3) is 0.690. The van der Waals surface area contributed by atoms with E-state index < -0.39 is 77.8 Å². The second-order valence-corrected chi connectivity index (χ2v) is 12.3. The molecule has 40 heavy (non-hydrogen) atoms. The highest BCUT2D eigenvalue weighted by atomic mass is 16.5. The van der Waals surface area contributed by atoms with Crippen molar-refractivity contribution < 1.29 is 49.1 Å². The quantitative estimate of drug-likeness (QED) is 0.252. The number of amides is 1. The van der Waals surface area contributed by atoms with E-state index in [9.17, 15) is 39.3 Å². The van der Waals surface area contributed by atoms with Crippen molar-refractivity contribution in [3.05, 3.63) is 23.8 Å². The Labute approximate surface area is 232 Å². The molecule has 11 nitrogen and oxygen atoms in total. The number of ketones is 2. The van der Waals surface area contributed by atoms with Crippen LogP contribution in [-0.2, 0) is 28.7 Å². The number of carboxylic acids is 1. The molecule has 0 radical (unpaired) electrons. The van der Waals surface area contributed by atoms with Crippen LogP contribution in [0, 0.1) is 28.6 Å². The van der Waals surface area contributed by atoms with E-state index in [1.54, 1.807) is 12.2 Å². The van der Waals surface area contributed by atoms with Crippen LogP contribution in [0.5, 0.6) is 0 Å². The topological polar surface area (TPSA) is 188 Å². The fourth-order valence-corrected chi connectivity index (χ4v) is 7.98. The van der Waals surface area contributed by atoms with Crippen LogP contribution in [0.4, 0.5) is 0 Å². The smallest absolute Gasteiger partial charge is 0.328 e. The number of carbonyl (C=O) groups excluding carboxylic acids is 4. The van der Waals surface area contributed by atoms with Gasteiger partial charge < -0.3 is 30.5 Å². The van der Waals surface area contributed by atoms with Crippen molar-refractivity contribution in [2.45, 2.75) is 89.6 Å². The number of aliphatic hydroxyl groups excluding tert-OH is 2. The minimum atomic E-state index is -1.80. The normalized spacial score (nSPS) is 37.8.